The van der Waals surface area contributed by atoms with E-state index in [0.717, 1.165) is 6.07 Å². The molecule has 0 aliphatic carbocycles. The Hall–Kier alpha value is -1.85. The van der Waals surface area contributed by atoms with E-state index in [1.807, 2.05) is 5.10 Å². The maximum Gasteiger partial charge on any atom is 0.432 e. The molecule has 0 bridgehead atoms. The van der Waals surface area contributed by atoms with Crippen molar-refractivity contribution >= 4 is 0 Å². The number of H-pyrrole nitrogens is 1. The molecule has 1 heterocycles. The van der Waals surface area contributed by atoms with Gasteiger partial charge in [0.25, 0.3) is 0 Å². The van der Waals surface area contributed by atoms with Gasteiger partial charge in [0.2, 0.25) is 0 Å². The Bertz CT molecular complexity index is 543. The van der Waals surface area contributed by atoms with Crippen LogP contribution in [-0.2, 0) is 6.18 Å². The highest BCUT2D eigenvalue weighted by Gasteiger charge is 2.33. The van der Waals surface area contributed by atoms with Crippen molar-refractivity contribution in [2.24, 2.45) is 0 Å². The van der Waals surface area contributed by atoms with Crippen molar-refractivity contribution in [2.45, 2.75) is 13.1 Å². The zero-order valence-corrected chi connectivity index (χ0v) is 8.77. The lowest BCUT2D eigenvalue weighted by Crippen LogP contribution is -2.04. The summed E-state index contributed by atoms with van der Waals surface area (Å²) in [6.07, 6.45) is -4.46. The fraction of sp³-hybridized carbons (Fsp3) is 0.182. The molecule has 0 amide bonds. The number of aryl methyl sites for hydroxylation is 1. The van der Waals surface area contributed by atoms with Gasteiger partial charge in [0.15, 0.2) is 0 Å². The van der Waals surface area contributed by atoms with E-state index in [4.69, 9.17) is 0 Å². The second kappa shape index (κ2) is 3.87. The third-order valence-electron chi connectivity index (χ3n) is 2.35. The average Bonchev–Trinajstić information content (AvgIpc) is 2.65. The standard InChI is InChI=1S/C11H8F4N2/c1-6-4-7(12)2-3-8(6)9-5-10(17-16-9)11(13,14)15/h2-5H,1H3,(H,16,17). The topological polar surface area (TPSA) is 28.7 Å². The van der Waals surface area contributed by atoms with Crippen molar-refractivity contribution in [3.63, 3.8) is 0 Å². The van der Waals surface area contributed by atoms with Gasteiger partial charge in [-0.15, -0.1) is 0 Å². The molecule has 17 heavy (non-hydrogen) atoms. The number of hydrogen-bond donors (Lipinski definition) is 1. The lowest BCUT2D eigenvalue weighted by molar-refractivity contribution is -0.141. The van der Waals surface area contributed by atoms with Gasteiger partial charge in [-0.1, -0.05) is 0 Å². The molecule has 2 aromatic rings. The van der Waals surface area contributed by atoms with Crippen molar-refractivity contribution in [1.82, 2.24) is 10.2 Å². The van der Waals surface area contributed by atoms with Crippen LogP contribution in [0.5, 0.6) is 0 Å². The van der Waals surface area contributed by atoms with E-state index in [9.17, 15) is 17.6 Å². The van der Waals surface area contributed by atoms with Crippen LogP contribution in [0.4, 0.5) is 17.6 Å². The highest BCUT2D eigenvalue weighted by molar-refractivity contribution is 5.63. The Balaban J connectivity index is 2.44. The van der Waals surface area contributed by atoms with Gasteiger partial charge in [-0.2, -0.15) is 18.3 Å². The molecule has 2 rings (SSSR count). The third-order valence-corrected chi connectivity index (χ3v) is 2.35. The Morgan fingerprint density at radius 3 is 2.41 bits per heavy atom. The van der Waals surface area contributed by atoms with Gasteiger partial charge in [0.1, 0.15) is 11.5 Å². The zero-order valence-electron chi connectivity index (χ0n) is 8.77. The van der Waals surface area contributed by atoms with Crippen molar-refractivity contribution in [3.8, 4) is 11.3 Å². The molecule has 2 nitrogen and oxygen atoms in total. The number of aromatic amines is 1. The summed E-state index contributed by atoms with van der Waals surface area (Å²) in [5.41, 5.74) is 0.231. The maximum atomic E-state index is 12.8. The molecule has 1 N–H and O–H groups in total. The monoisotopic (exact) mass is 244 g/mol. The van der Waals surface area contributed by atoms with Crippen molar-refractivity contribution < 1.29 is 17.6 Å². The van der Waals surface area contributed by atoms with Crippen LogP contribution >= 0.6 is 0 Å². The van der Waals surface area contributed by atoms with Crippen molar-refractivity contribution in [2.75, 3.05) is 0 Å². The molecule has 1 aromatic carbocycles. The summed E-state index contributed by atoms with van der Waals surface area (Å²) in [6.45, 7) is 1.61. The van der Waals surface area contributed by atoms with Crippen LogP contribution < -0.4 is 0 Å². The quantitative estimate of drug-likeness (QED) is 0.763. The molecule has 0 atom stereocenters. The maximum absolute atomic E-state index is 12.8. The van der Waals surface area contributed by atoms with Crippen LogP contribution in [0.25, 0.3) is 11.3 Å². The SMILES string of the molecule is Cc1cc(F)ccc1-c1cc(C(F)(F)F)[nH]n1. The summed E-state index contributed by atoms with van der Waals surface area (Å²) >= 11 is 0. The predicted molar refractivity (Wildman–Crippen MR) is 53.7 cm³/mol. The number of halogens is 4. The number of nitrogens with zero attached hydrogens (tertiary/aromatic N) is 1. The Labute approximate surface area is 94.3 Å². The first-order valence-corrected chi connectivity index (χ1v) is 4.77. The van der Waals surface area contributed by atoms with Crippen LogP contribution in [0.3, 0.4) is 0 Å². The van der Waals surface area contributed by atoms with E-state index in [1.165, 1.54) is 18.2 Å². The largest absolute Gasteiger partial charge is 0.432 e. The Morgan fingerprint density at radius 1 is 1.18 bits per heavy atom. The number of aromatic nitrogens is 2. The summed E-state index contributed by atoms with van der Waals surface area (Å²) in [7, 11) is 0. The average molecular weight is 244 g/mol. The van der Waals surface area contributed by atoms with E-state index < -0.39 is 17.7 Å². The number of alkyl halides is 3. The van der Waals surface area contributed by atoms with Crippen LogP contribution in [0.15, 0.2) is 24.3 Å². The fourth-order valence-electron chi connectivity index (χ4n) is 1.52. The molecule has 0 spiro atoms. The molecular weight excluding hydrogens is 236 g/mol. The predicted octanol–water partition coefficient (Wildman–Crippen LogP) is 3.54. The fourth-order valence-corrected chi connectivity index (χ4v) is 1.52. The summed E-state index contributed by atoms with van der Waals surface area (Å²) in [4.78, 5) is 0. The minimum absolute atomic E-state index is 0.148. The first-order chi connectivity index (χ1) is 7.88. The summed E-state index contributed by atoms with van der Waals surface area (Å²) in [5.74, 6) is -0.433. The van der Waals surface area contributed by atoms with Gasteiger partial charge in [-0.05, 0) is 36.8 Å². The lowest BCUT2D eigenvalue weighted by Gasteiger charge is -2.02. The Morgan fingerprint density at radius 2 is 1.88 bits per heavy atom. The molecular formula is C11H8F4N2. The Kier molecular flexibility index (Phi) is 2.65. The molecule has 0 saturated carbocycles. The summed E-state index contributed by atoms with van der Waals surface area (Å²) in [5, 5.41) is 5.49. The molecule has 0 fully saturated rings. The smallest absolute Gasteiger partial charge is 0.273 e. The van der Waals surface area contributed by atoms with Crippen LogP contribution in [0, 0.1) is 12.7 Å². The molecule has 0 saturated heterocycles. The van der Waals surface area contributed by atoms with E-state index in [-0.39, 0.29) is 5.69 Å². The van der Waals surface area contributed by atoms with Crippen molar-refractivity contribution in [1.29, 1.82) is 0 Å². The van der Waals surface area contributed by atoms with E-state index in [1.54, 1.807) is 6.92 Å². The first kappa shape index (κ1) is 11.6. The minimum atomic E-state index is -4.46. The van der Waals surface area contributed by atoms with Gasteiger partial charge < -0.3 is 0 Å². The lowest BCUT2D eigenvalue weighted by atomic mass is 10.1. The van der Waals surface area contributed by atoms with Gasteiger partial charge in [-0.3, -0.25) is 5.10 Å². The molecule has 6 heteroatoms. The second-order valence-electron chi connectivity index (χ2n) is 3.62. The van der Waals surface area contributed by atoms with E-state index >= 15 is 0 Å². The van der Waals surface area contributed by atoms with Gasteiger partial charge in [-0.25, -0.2) is 4.39 Å². The van der Waals surface area contributed by atoms with E-state index in [2.05, 4.69) is 5.10 Å². The highest BCUT2D eigenvalue weighted by atomic mass is 19.4. The van der Waals surface area contributed by atoms with Gasteiger partial charge >= 0.3 is 6.18 Å². The third kappa shape index (κ3) is 2.30. The number of hydrogen-bond acceptors (Lipinski definition) is 1. The highest BCUT2D eigenvalue weighted by Crippen LogP contribution is 2.31. The van der Waals surface area contributed by atoms with Gasteiger partial charge in [0.05, 0.1) is 5.69 Å². The normalized spacial score (nSPS) is 11.8. The molecule has 1 aromatic heterocycles. The molecule has 0 unspecified atom stereocenters. The van der Waals surface area contributed by atoms with E-state index in [0.29, 0.717) is 11.1 Å². The van der Waals surface area contributed by atoms with Crippen LogP contribution in [-0.4, -0.2) is 10.2 Å². The summed E-state index contributed by atoms with van der Waals surface area (Å²) < 4.78 is 49.9. The van der Waals surface area contributed by atoms with Crippen LogP contribution in [0.1, 0.15) is 11.3 Å². The van der Waals surface area contributed by atoms with Crippen LogP contribution in [0.2, 0.25) is 0 Å². The number of benzene rings is 1. The summed E-state index contributed by atoms with van der Waals surface area (Å²) in [6, 6.07) is 4.74. The van der Waals surface area contributed by atoms with Crippen molar-refractivity contribution in [3.05, 3.63) is 41.3 Å². The first-order valence-electron chi connectivity index (χ1n) is 4.77. The molecule has 0 aliphatic rings. The number of rotatable bonds is 1. The zero-order chi connectivity index (χ0) is 12.6. The minimum Gasteiger partial charge on any atom is -0.273 e. The molecule has 0 radical (unpaired) electrons. The second-order valence-corrected chi connectivity index (χ2v) is 3.62. The number of nitrogens with one attached hydrogen (secondary N) is 1. The molecule has 90 valence electrons. The molecule has 0 aliphatic heterocycles. The van der Waals surface area contributed by atoms with Gasteiger partial charge in [0, 0.05) is 5.56 Å².